The van der Waals surface area contributed by atoms with Gasteiger partial charge >= 0.3 is 0 Å². The lowest BCUT2D eigenvalue weighted by Crippen LogP contribution is -2.29. The van der Waals surface area contributed by atoms with Crippen LogP contribution in [0.2, 0.25) is 0 Å². The normalized spacial score (nSPS) is 27.7. The van der Waals surface area contributed by atoms with Crippen LogP contribution in [-0.2, 0) is 4.79 Å². The van der Waals surface area contributed by atoms with E-state index in [4.69, 9.17) is 5.73 Å². The molecule has 3 nitrogen and oxygen atoms in total. The van der Waals surface area contributed by atoms with Crippen molar-refractivity contribution in [3.05, 3.63) is 0 Å². The molecule has 1 fully saturated rings. The molecule has 1 aliphatic carbocycles. The third-order valence-corrected chi connectivity index (χ3v) is 3.22. The second kappa shape index (κ2) is 6.11. The standard InChI is InChI=1S/C12H24N2O/c1-9-3-5-11(7-9)8-14-12(15)6-4-10(2)13/h9-11H,3-8,13H2,1-2H3,(H,14,15). The zero-order valence-electron chi connectivity index (χ0n) is 9.96. The molecule has 3 N–H and O–H groups in total. The average Bonchev–Trinajstić information content (AvgIpc) is 2.58. The van der Waals surface area contributed by atoms with Crippen LogP contribution in [0.3, 0.4) is 0 Å². The molecule has 1 saturated carbocycles. The van der Waals surface area contributed by atoms with Crippen LogP contribution < -0.4 is 11.1 Å². The number of carbonyl (C=O) groups is 1. The second-order valence-electron chi connectivity index (χ2n) is 5.10. The second-order valence-corrected chi connectivity index (χ2v) is 5.10. The highest BCUT2D eigenvalue weighted by atomic mass is 16.1. The van der Waals surface area contributed by atoms with Gasteiger partial charge in [0.15, 0.2) is 0 Å². The van der Waals surface area contributed by atoms with Crippen LogP contribution in [0.1, 0.15) is 46.0 Å². The zero-order valence-corrected chi connectivity index (χ0v) is 9.96. The molecule has 0 aromatic rings. The van der Waals surface area contributed by atoms with Crippen LogP contribution in [0.5, 0.6) is 0 Å². The number of amides is 1. The fourth-order valence-electron chi connectivity index (χ4n) is 2.22. The summed E-state index contributed by atoms with van der Waals surface area (Å²) in [5.74, 6) is 1.71. The fraction of sp³-hybridized carbons (Fsp3) is 0.917. The zero-order chi connectivity index (χ0) is 11.3. The third-order valence-electron chi connectivity index (χ3n) is 3.22. The van der Waals surface area contributed by atoms with Gasteiger partial charge in [0.25, 0.3) is 0 Å². The van der Waals surface area contributed by atoms with Crippen LogP contribution in [0.4, 0.5) is 0 Å². The number of hydrogen-bond donors (Lipinski definition) is 2. The Morgan fingerprint density at radius 2 is 2.27 bits per heavy atom. The molecule has 15 heavy (non-hydrogen) atoms. The van der Waals surface area contributed by atoms with Crippen molar-refractivity contribution >= 4 is 5.91 Å². The number of rotatable bonds is 5. The summed E-state index contributed by atoms with van der Waals surface area (Å²) in [4.78, 5) is 11.4. The molecule has 3 unspecified atom stereocenters. The van der Waals surface area contributed by atoms with E-state index >= 15 is 0 Å². The van der Waals surface area contributed by atoms with E-state index in [1.165, 1.54) is 19.3 Å². The predicted molar refractivity (Wildman–Crippen MR) is 62.4 cm³/mol. The molecule has 0 aromatic heterocycles. The van der Waals surface area contributed by atoms with Gasteiger partial charge in [-0.3, -0.25) is 4.79 Å². The summed E-state index contributed by atoms with van der Waals surface area (Å²) in [6.07, 6.45) is 5.22. The minimum absolute atomic E-state index is 0.127. The minimum Gasteiger partial charge on any atom is -0.356 e. The maximum Gasteiger partial charge on any atom is 0.220 e. The summed E-state index contributed by atoms with van der Waals surface area (Å²) in [6, 6.07) is 0.127. The summed E-state index contributed by atoms with van der Waals surface area (Å²) in [6.45, 7) is 5.09. The van der Waals surface area contributed by atoms with Gasteiger partial charge in [0.05, 0.1) is 0 Å². The van der Waals surface area contributed by atoms with Crippen LogP contribution in [0, 0.1) is 11.8 Å². The van der Waals surface area contributed by atoms with Crippen molar-refractivity contribution in [2.45, 2.75) is 52.0 Å². The molecule has 0 spiro atoms. The number of carbonyl (C=O) groups excluding carboxylic acids is 1. The maximum atomic E-state index is 11.4. The highest BCUT2D eigenvalue weighted by Gasteiger charge is 2.21. The molecule has 0 bridgehead atoms. The Bertz CT molecular complexity index is 204. The van der Waals surface area contributed by atoms with Crippen molar-refractivity contribution in [3.63, 3.8) is 0 Å². The molecule has 3 atom stereocenters. The Kier molecular flexibility index (Phi) is 5.09. The van der Waals surface area contributed by atoms with Gasteiger partial charge < -0.3 is 11.1 Å². The van der Waals surface area contributed by atoms with Gasteiger partial charge in [0, 0.05) is 19.0 Å². The molecule has 0 radical (unpaired) electrons. The maximum absolute atomic E-state index is 11.4. The number of nitrogens with one attached hydrogen (secondary N) is 1. The van der Waals surface area contributed by atoms with Crippen molar-refractivity contribution in [1.29, 1.82) is 0 Å². The molecule has 0 saturated heterocycles. The quantitative estimate of drug-likeness (QED) is 0.728. The SMILES string of the molecule is CC(N)CCC(=O)NCC1CCC(C)C1. The average molecular weight is 212 g/mol. The molecular weight excluding hydrogens is 188 g/mol. The van der Waals surface area contributed by atoms with Crippen molar-refractivity contribution in [1.82, 2.24) is 5.32 Å². The summed E-state index contributed by atoms with van der Waals surface area (Å²) in [5, 5.41) is 3.01. The Morgan fingerprint density at radius 1 is 1.53 bits per heavy atom. The van der Waals surface area contributed by atoms with E-state index in [1.807, 2.05) is 6.92 Å². The van der Waals surface area contributed by atoms with Crippen LogP contribution in [-0.4, -0.2) is 18.5 Å². The lowest BCUT2D eigenvalue weighted by molar-refractivity contribution is -0.121. The van der Waals surface area contributed by atoms with Crippen molar-refractivity contribution < 1.29 is 4.79 Å². The Morgan fingerprint density at radius 3 is 2.80 bits per heavy atom. The van der Waals surface area contributed by atoms with E-state index in [-0.39, 0.29) is 11.9 Å². The minimum atomic E-state index is 0.127. The Balaban J connectivity index is 2.06. The first-order chi connectivity index (χ1) is 7.08. The fourth-order valence-corrected chi connectivity index (χ4v) is 2.22. The topological polar surface area (TPSA) is 55.1 Å². The largest absolute Gasteiger partial charge is 0.356 e. The van der Waals surface area contributed by atoms with E-state index in [0.717, 1.165) is 18.9 Å². The van der Waals surface area contributed by atoms with E-state index in [9.17, 15) is 4.79 Å². The van der Waals surface area contributed by atoms with E-state index in [2.05, 4.69) is 12.2 Å². The van der Waals surface area contributed by atoms with Gasteiger partial charge in [-0.05, 0) is 38.0 Å². The molecule has 1 rings (SSSR count). The molecular formula is C12H24N2O. The Labute approximate surface area is 92.8 Å². The molecule has 3 heteroatoms. The molecule has 0 aliphatic heterocycles. The smallest absolute Gasteiger partial charge is 0.220 e. The lowest BCUT2D eigenvalue weighted by atomic mass is 10.1. The van der Waals surface area contributed by atoms with E-state index in [1.54, 1.807) is 0 Å². The highest BCUT2D eigenvalue weighted by Crippen LogP contribution is 2.29. The van der Waals surface area contributed by atoms with Crippen molar-refractivity contribution in [3.8, 4) is 0 Å². The van der Waals surface area contributed by atoms with Gasteiger partial charge in [-0.2, -0.15) is 0 Å². The highest BCUT2D eigenvalue weighted by molar-refractivity contribution is 5.75. The number of nitrogens with two attached hydrogens (primary N) is 1. The van der Waals surface area contributed by atoms with Crippen molar-refractivity contribution in [2.75, 3.05) is 6.54 Å². The third kappa shape index (κ3) is 5.17. The number of hydrogen-bond acceptors (Lipinski definition) is 2. The monoisotopic (exact) mass is 212 g/mol. The molecule has 1 aliphatic rings. The summed E-state index contributed by atoms with van der Waals surface area (Å²) < 4.78 is 0. The summed E-state index contributed by atoms with van der Waals surface area (Å²) >= 11 is 0. The van der Waals surface area contributed by atoms with Gasteiger partial charge in [0.2, 0.25) is 5.91 Å². The van der Waals surface area contributed by atoms with Gasteiger partial charge in [0.1, 0.15) is 0 Å². The first kappa shape index (κ1) is 12.5. The predicted octanol–water partition coefficient (Wildman–Crippen LogP) is 1.67. The first-order valence-corrected chi connectivity index (χ1v) is 6.10. The van der Waals surface area contributed by atoms with Gasteiger partial charge in [-0.15, -0.1) is 0 Å². The molecule has 1 amide bonds. The lowest BCUT2D eigenvalue weighted by Gasteiger charge is -2.11. The molecule has 0 aromatic carbocycles. The van der Waals surface area contributed by atoms with Crippen LogP contribution in [0.25, 0.3) is 0 Å². The van der Waals surface area contributed by atoms with E-state index in [0.29, 0.717) is 12.3 Å². The van der Waals surface area contributed by atoms with Crippen LogP contribution in [0.15, 0.2) is 0 Å². The van der Waals surface area contributed by atoms with Crippen molar-refractivity contribution in [2.24, 2.45) is 17.6 Å². The first-order valence-electron chi connectivity index (χ1n) is 6.10. The molecule has 88 valence electrons. The Hall–Kier alpha value is -0.570. The molecule has 0 heterocycles. The summed E-state index contributed by atoms with van der Waals surface area (Å²) in [5.41, 5.74) is 5.60. The van der Waals surface area contributed by atoms with Gasteiger partial charge in [-0.1, -0.05) is 13.3 Å². The summed E-state index contributed by atoms with van der Waals surface area (Å²) in [7, 11) is 0. The van der Waals surface area contributed by atoms with Gasteiger partial charge in [-0.25, -0.2) is 0 Å². The van der Waals surface area contributed by atoms with Crippen LogP contribution >= 0.6 is 0 Å². The van der Waals surface area contributed by atoms with E-state index < -0.39 is 0 Å².